The highest BCUT2D eigenvalue weighted by Gasteiger charge is 2.35. The molecule has 1 aliphatic heterocycles. The second-order valence-corrected chi connectivity index (χ2v) is 6.70. The van der Waals surface area contributed by atoms with Crippen LogP contribution in [-0.4, -0.2) is 60.7 Å². The number of carboxylic acid groups (broad SMARTS) is 1. The summed E-state index contributed by atoms with van der Waals surface area (Å²) in [6.07, 6.45) is 1.77. The molecule has 1 heterocycles. The number of carbonyl (C=O) groups is 3. The third kappa shape index (κ3) is 3.58. The van der Waals surface area contributed by atoms with E-state index in [2.05, 4.69) is 5.32 Å². The lowest BCUT2D eigenvalue weighted by atomic mass is 10.1. The summed E-state index contributed by atoms with van der Waals surface area (Å²) in [6.45, 7) is 2.79. The smallest absolute Gasteiger partial charge is 0.322 e. The molecular formula is C18H23N3O5. The van der Waals surface area contributed by atoms with Crippen LogP contribution in [0.5, 0.6) is 5.75 Å². The van der Waals surface area contributed by atoms with E-state index in [1.807, 2.05) is 0 Å². The molecule has 1 saturated carbocycles. The molecule has 8 heteroatoms. The van der Waals surface area contributed by atoms with Gasteiger partial charge >= 0.3 is 12.0 Å². The van der Waals surface area contributed by atoms with E-state index >= 15 is 0 Å². The van der Waals surface area contributed by atoms with E-state index in [1.165, 1.54) is 12.0 Å². The lowest BCUT2D eigenvalue weighted by molar-refractivity contribution is -0.141. The van der Waals surface area contributed by atoms with E-state index < -0.39 is 11.9 Å². The molecular weight excluding hydrogens is 338 g/mol. The lowest BCUT2D eigenvalue weighted by Gasteiger charge is -2.25. The number of nitrogens with one attached hydrogen (secondary N) is 1. The summed E-state index contributed by atoms with van der Waals surface area (Å²) in [4.78, 5) is 39.4. The summed E-state index contributed by atoms with van der Waals surface area (Å²) in [7, 11) is 1.51. The highest BCUT2D eigenvalue weighted by Crippen LogP contribution is 2.33. The van der Waals surface area contributed by atoms with Gasteiger partial charge in [0, 0.05) is 31.2 Å². The summed E-state index contributed by atoms with van der Waals surface area (Å²) < 4.78 is 5.33. The molecule has 26 heavy (non-hydrogen) atoms. The third-order valence-corrected chi connectivity index (χ3v) is 4.71. The Bertz CT molecular complexity index is 732. The number of methoxy groups -OCH3 is 1. The van der Waals surface area contributed by atoms with Crippen molar-refractivity contribution >= 4 is 23.6 Å². The fraction of sp³-hybridized carbons (Fsp3) is 0.500. The molecule has 140 valence electrons. The van der Waals surface area contributed by atoms with Crippen LogP contribution in [0, 0.1) is 5.92 Å². The summed E-state index contributed by atoms with van der Waals surface area (Å²) >= 11 is 0. The predicted molar refractivity (Wildman–Crippen MR) is 94.6 cm³/mol. The zero-order valence-corrected chi connectivity index (χ0v) is 14.9. The zero-order valence-electron chi connectivity index (χ0n) is 14.9. The van der Waals surface area contributed by atoms with Crippen molar-refractivity contribution in [3.8, 4) is 5.75 Å². The fourth-order valence-electron chi connectivity index (χ4n) is 3.06. The Morgan fingerprint density at radius 1 is 1.42 bits per heavy atom. The number of carbonyl (C=O) groups excluding carboxylic acids is 2. The molecule has 1 atom stereocenters. The van der Waals surface area contributed by atoms with E-state index in [0.29, 0.717) is 30.1 Å². The first-order valence-corrected chi connectivity index (χ1v) is 8.69. The fourth-order valence-corrected chi connectivity index (χ4v) is 3.06. The topological polar surface area (TPSA) is 99.2 Å². The molecule has 0 radical (unpaired) electrons. The van der Waals surface area contributed by atoms with Crippen molar-refractivity contribution in [3.05, 3.63) is 23.8 Å². The molecule has 0 aromatic heterocycles. The average molecular weight is 361 g/mol. The summed E-state index contributed by atoms with van der Waals surface area (Å²) in [5, 5.41) is 11.9. The number of nitrogens with zero attached hydrogens (tertiary/aromatic N) is 2. The number of hydrogen-bond donors (Lipinski definition) is 2. The molecule has 1 aromatic carbocycles. The first-order chi connectivity index (χ1) is 12.4. The van der Waals surface area contributed by atoms with Gasteiger partial charge in [0.1, 0.15) is 5.75 Å². The number of anilines is 1. The van der Waals surface area contributed by atoms with E-state index in [4.69, 9.17) is 9.84 Å². The number of ether oxygens (including phenoxy) is 1. The van der Waals surface area contributed by atoms with Crippen molar-refractivity contribution in [2.45, 2.75) is 25.8 Å². The van der Waals surface area contributed by atoms with Crippen LogP contribution in [0.2, 0.25) is 0 Å². The molecule has 1 aromatic rings. The minimum absolute atomic E-state index is 0.0879. The van der Waals surface area contributed by atoms with E-state index in [0.717, 1.165) is 12.8 Å². The van der Waals surface area contributed by atoms with Gasteiger partial charge in [-0.15, -0.1) is 0 Å². The molecule has 1 unspecified atom stereocenters. The second kappa shape index (κ2) is 7.23. The molecule has 0 bridgehead atoms. The minimum Gasteiger partial charge on any atom is -0.495 e. The summed E-state index contributed by atoms with van der Waals surface area (Å²) in [6, 6.07) is 4.82. The van der Waals surface area contributed by atoms with Crippen molar-refractivity contribution in [1.82, 2.24) is 10.2 Å². The monoisotopic (exact) mass is 361 g/mol. The summed E-state index contributed by atoms with van der Waals surface area (Å²) in [5.74, 6) is -1.27. The van der Waals surface area contributed by atoms with Gasteiger partial charge in [-0.05, 0) is 31.0 Å². The number of amides is 3. The van der Waals surface area contributed by atoms with Gasteiger partial charge in [0.25, 0.3) is 5.91 Å². The van der Waals surface area contributed by atoms with Gasteiger partial charge in [0.05, 0.1) is 18.7 Å². The van der Waals surface area contributed by atoms with Crippen molar-refractivity contribution in [1.29, 1.82) is 0 Å². The van der Waals surface area contributed by atoms with Gasteiger partial charge in [0.15, 0.2) is 0 Å². The number of rotatable bonds is 7. The lowest BCUT2D eigenvalue weighted by Crippen LogP contribution is -2.38. The number of aliphatic carboxylic acids is 1. The Balaban J connectivity index is 1.88. The standard InChI is InChI=1S/C18H23N3O5/c1-11(17(23)24)10-21(13-4-5-13)16(22)12-3-6-15(26-2)14(9-12)20-8-7-19-18(20)25/h3,6,9,11,13H,4-5,7-8,10H2,1-2H3,(H,19,25)(H,23,24). The SMILES string of the molecule is COc1ccc(C(=O)N(CC(C)C(=O)O)C2CC2)cc1N1CCNC1=O. The van der Waals surface area contributed by atoms with Crippen molar-refractivity contribution < 1.29 is 24.2 Å². The van der Waals surface area contributed by atoms with E-state index in [9.17, 15) is 14.4 Å². The molecule has 2 N–H and O–H groups in total. The summed E-state index contributed by atoms with van der Waals surface area (Å²) in [5.41, 5.74) is 0.959. The van der Waals surface area contributed by atoms with Crippen molar-refractivity contribution in [2.75, 3.05) is 31.6 Å². The van der Waals surface area contributed by atoms with Gasteiger partial charge in [-0.2, -0.15) is 0 Å². The van der Waals surface area contributed by atoms with E-state index in [1.54, 1.807) is 30.0 Å². The first kappa shape index (κ1) is 18.0. The third-order valence-electron chi connectivity index (χ3n) is 4.71. The van der Waals surface area contributed by atoms with Crippen LogP contribution >= 0.6 is 0 Å². The molecule has 3 rings (SSSR count). The Morgan fingerprint density at radius 3 is 2.69 bits per heavy atom. The maximum atomic E-state index is 13.0. The molecule has 2 aliphatic rings. The number of urea groups is 1. The van der Waals surface area contributed by atoms with Gasteiger partial charge in [-0.3, -0.25) is 14.5 Å². The van der Waals surface area contributed by atoms with Crippen LogP contribution in [-0.2, 0) is 4.79 Å². The number of carboxylic acids is 1. The number of benzene rings is 1. The quantitative estimate of drug-likeness (QED) is 0.768. The maximum Gasteiger partial charge on any atom is 0.322 e. The first-order valence-electron chi connectivity index (χ1n) is 8.69. The molecule has 0 spiro atoms. The van der Waals surface area contributed by atoms with Crippen LogP contribution in [0.1, 0.15) is 30.1 Å². The zero-order chi connectivity index (χ0) is 18.8. The predicted octanol–water partition coefficient (Wildman–Crippen LogP) is 1.55. The maximum absolute atomic E-state index is 13.0. The molecule has 3 amide bonds. The molecule has 1 saturated heterocycles. The molecule has 1 aliphatic carbocycles. The molecule has 2 fully saturated rings. The van der Waals surface area contributed by atoms with Crippen LogP contribution < -0.4 is 15.0 Å². The van der Waals surface area contributed by atoms with Crippen LogP contribution in [0.3, 0.4) is 0 Å². The van der Waals surface area contributed by atoms with Gasteiger partial charge in [-0.25, -0.2) is 4.79 Å². The Labute approximate surface area is 151 Å². The minimum atomic E-state index is -0.924. The van der Waals surface area contributed by atoms with Gasteiger partial charge < -0.3 is 20.1 Å². The Kier molecular flexibility index (Phi) is 5.01. The van der Waals surface area contributed by atoms with Crippen LogP contribution in [0.4, 0.5) is 10.5 Å². The van der Waals surface area contributed by atoms with Gasteiger partial charge in [0.2, 0.25) is 0 Å². The van der Waals surface area contributed by atoms with Crippen LogP contribution in [0.15, 0.2) is 18.2 Å². The highest BCUT2D eigenvalue weighted by molar-refractivity contribution is 6.00. The normalized spacial score (nSPS) is 17.6. The largest absolute Gasteiger partial charge is 0.495 e. The number of hydrogen-bond acceptors (Lipinski definition) is 4. The molecule has 8 nitrogen and oxygen atoms in total. The Hall–Kier alpha value is -2.77. The van der Waals surface area contributed by atoms with Crippen molar-refractivity contribution in [3.63, 3.8) is 0 Å². The van der Waals surface area contributed by atoms with E-state index in [-0.39, 0.29) is 24.5 Å². The Morgan fingerprint density at radius 2 is 2.15 bits per heavy atom. The second-order valence-electron chi connectivity index (χ2n) is 6.70. The highest BCUT2D eigenvalue weighted by atomic mass is 16.5. The van der Waals surface area contributed by atoms with Crippen LogP contribution in [0.25, 0.3) is 0 Å². The average Bonchev–Trinajstić information content (AvgIpc) is 3.38. The van der Waals surface area contributed by atoms with Crippen molar-refractivity contribution in [2.24, 2.45) is 5.92 Å². The van der Waals surface area contributed by atoms with Gasteiger partial charge in [-0.1, -0.05) is 6.92 Å².